The number of urea groups is 1. The molecule has 4 N–H and O–H groups in total. The number of para-hydroxylation sites is 1. The van der Waals surface area contributed by atoms with Crippen LogP contribution in [0, 0.1) is 5.92 Å². The van der Waals surface area contributed by atoms with Gasteiger partial charge in [0.2, 0.25) is 5.91 Å². The highest BCUT2D eigenvalue weighted by Crippen LogP contribution is 2.43. The normalized spacial score (nSPS) is 23.6. The van der Waals surface area contributed by atoms with Crippen molar-refractivity contribution in [3.63, 3.8) is 0 Å². The molecule has 3 saturated heterocycles. The van der Waals surface area contributed by atoms with Gasteiger partial charge >= 0.3 is 12.0 Å². The monoisotopic (exact) mass is 671 g/mol. The number of carbonyl (C=O) groups is 3. The molecule has 260 valence electrons. The Morgan fingerprint density at radius 3 is 2.35 bits per heavy atom. The molecule has 12 nitrogen and oxygen atoms in total. The SMILES string of the molecule is CCOC(=O)CNC(=O)Nc1ccc([C@@H]2O[C@H](CN3CCC4(CC3)C(=O)NCN4c3ccccc3)[C@H](C)[C@H](c3ccc(CO)cc3)O2)cc1. The van der Waals surface area contributed by atoms with E-state index in [2.05, 4.69) is 44.8 Å². The molecule has 3 amide bonds. The highest BCUT2D eigenvalue weighted by Gasteiger charge is 2.51. The van der Waals surface area contributed by atoms with E-state index < -0.39 is 23.8 Å². The molecule has 0 unspecified atom stereocenters. The number of anilines is 2. The van der Waals surface area contributed by atoms with Gasteiger partial charge in [-0.25, -0.2) is 4.79 Å². The van der Waals surface area contributed by atoms with Crippen LogP contribution >= 0.6 is 0 Å². The Balaban J connectivity index is 1.15. The molecule has 3 aromatic carbocycles. The van der Waals surface area contributed by atoms with Gasteiger partial charge in [-0.2, -0.15) is 0 Å². The molecule has 3 aliphatic heterocycles. The van der Waals surface area contributed by atoms with E-state index in [1.165, 1.54) is 0 Å². The van der Waals surface area contributed by atoms with Gasteiger partial charge in [-0.3, -0.25) is 9.59 Å². The predicted molar refractivity (Wildman–Crippen MR) is 183 cm³/mol. The van der Waals surface area contributed by atoms with Crippen molar-refractivity contribution < 1.29 is 33.7 Å². The van der Waals surface area contributed by atoms with Gasteiger partial charge < -0.3 is 45.1 Å². The number of benzene rings is 3. The number of hydrogen-bond acceptors (Lipinski definition) is 9. The van der Waals surface area contributed by atoms with Crippen LogP contribution in [0.1, 0.15) is 55.8 Å². The third-order valence-corrected chi connectivity index (χ3v) is 9.79. The number of aliphatic hydroxyl groups is 1. The Hall–Kier alpha value is -4.49. The van der Waals surface area contributed by atoms with Crippen LogP contribution in [0.25, 0.3) is 0 Å². The molecule has 0 aromatic heterocycles. The number of piperidine rings is 1. The van der Waals surface area contributed by atoms with Gasteiger partial charge in [-0.15, -0.1) is 0 Å². The van der Waals surface area contributed by atoms with E-state index >= 15 is 0 Å². The molecule has 0 radical (unpaired) electrons. The number of ether oxygens (including phenoxy) is 3. The summed E-state index contributed by atoms with van der Waals surface area (Å²) in [5.74, 6) is -0.412. The Kier molecular flexibility index (Phi) is 10.8. The minimum Gasteiger partial charge on any atom is -0.465 e. The number of hydrogen-bond donors (Lipinski definition) is 4. The maximum absolute atomic E-state index is 13.2. The lowest BCUT2D eigenvalue weighted by Gasteiger charge is -2.46. The number of esters is 1. The zero-order chi connectivity index (χ0) is 34.4. The molecular formula is C37H45N5O7. The van der Waals surface area contributed by atoms with Gasteiger partial charge in [-0.05, 0) is 55.2 Å². The number of nitrogens with zero attached hydrogens (tertiary/aromatic N) is 2. The zero-order valence-corrected chi connectivity index (χ0v) is 28.0. The molecular weight excluding hydrogens is 626 g/mol. The highest BCUT2D eigenvalue weighted by atomic mass is 16.7. The summed E-state index contributed by atoms with van der Waals surface area (Å²) >= 11 is 0. The average molecular weight is 672 g/mol. The molecule has 0 bridgehead atoms. The molecule has 3 aliphatic rings. The molecule has 1 spiro atoms. The van der Waals surface area contributed by atoms with Crippen molar-refractivity contribution in [2.24, 2.45) is 5.92 Å². The zero-order valence-electron chi connectivity index (χ0n) is 28.0. The summed E-state index contributed by atoms with van der Waals surface area (Å²) in [4.78, 5) is 41.7. The van der Waals surface area contributed by atoms with Gasteiger partial charge in [-0.1, -0.05) is 61.5 Å². The molecule has 6 rings (SSSR count). The van der Waals surface area contributed by atoms with Crippen LogP contribution in [0.5, 0.6) is 0 Å². The van der Waals surface area contributed by atoms with E-state index in [9.17, 15) is 19.5 Å². The van der Waals surface area contributed by atoms with Gasteiger partial charge in [0.05, 0.1) is 32.1 Å². The number of nitrogens with one attached hydrogen (secondary N) is 3. The van der Waals surface area contributed by atoms with Crippen molar-refractivity contribution in [1.82, 2.24) is 15.5 Å². The first kappa shape index (κ1) is 34.4. The lowest BCUT2D eigenvalue weighted by Crippen LogP contribution is -2.57. The summed E-state index contributed by atoms with van der Waals surface area (Å²) in [5, 5.41) is 17.9. The fraction of sp³-hybridized carbons (Fsp3) is 0.432. The van der Waals surface area contributed by atoms with E-state index in [1.807, 2.05) is 54.6 Å². The summed E-state index contributed by atoms with van der Waals surface area (Å²) in [6.45, 7) is 6.52. The van der Waals surface area contributed by atoms with Gasteiger partial charge in [0.15, 0.2) is 6.29 Å². The third kappa shape index (κ3) is 7.73. The first-order chi connectivity index (χ1) is 23.8. The van der Waals surface area contributed by atoms with Crippen molar-refractivity contribution in [3.8, 4) is 0 Å². The number of amides is 3. The van der Waals surface area contributed by atoms with E-state index in [1.54, 1.807) is 19.1 Å². The molecule has 0 aliphatic carbocycles. The summed E-state index contributed by atoms with van der Waals surface area (Å²) in [5.41, 5.74) is 3.65. The number of aliphatic hydroxyl groups excluding tert-OH is 1. The van der Waals surface area contributed by atoms with Crippen LogP contribution < -0.4 is 20.9 Å². The standard InChI is InChI=1S/C37H45N5O7/c1-3-47-32(44)21-38-36(46)40-29-15-13-28(14-16-29)34-48-31(25(2)33(49-34)27-11-9-26(23-43)10-12-27)22-41-19-17-37(18-20-41)35(45)39-24-42(37)30-7-5-4-6-8-30/h4-16,25,31,33-34,43H,3,17-24H2,1-2H3,(H,39,45)(H2,38,40,46)/t25-,31+,33+,34+/m0/s1. The number of likely N-dealkylation sites (tertiary alicyclic amines) is 1. The molecule has 0 saturated carbocycles. The second kappa shape index (κ2) is 15.4. The van der Waals surface area contributed by atoms with Crippen LogP contribution in [-0.2, 0) is 30.4 Å². The smallest absolute Gasteiger partial charge is 0.325 e. The topological polar surface area (TPSA) is 142 Å². The van der Waals surface area contributed by atoms with Crippen LogP contribution in [0.4, 0.5) is 16.2 Å². The van der Waals surface area contributed by atoms with Crippen molar-refractivity contribution >= 4 is 29.3 Å². The van der Waals surface area contributed by atoms with E-state index in [4.69, 9.17) is 14.2 Å². The lowest BCUT2D eigenvalue weighted by molar-refractivity contribution is -0.276. The molecule has 3 aromatic rings. The fourth-order valence-corrected chi connectivity index (χ4v) is 6.98. The summed E-state index contributed by atoms with van der Waals surface area (Å²) in [6, 6.07) is 24.6. The van der Waals surface area contributed by atoms with Crippen molar-refractivity contribution in [1.29, 1.82) is 0 Å². The maximum Gasteiger partial charge on any atom is 0.325 e. The molecule has 3 fully saturated rings. The molecule has 49 heavy (non-hydrogen) atoms. The Bertz CT molecular complexity index is 1580. The maximum atomic E-state index is 13.2. The first-order valence-corrected chi connectivity index (χ1v) is 16.9. The minimum atomic E-state index is -0.666. The van der Waals surface area contributed by atoms with Crippen LogP contribution in [0.15, 0.2) is 78.9 Å². The highest BCUT2D eigenvalue weighted by molar-refractivity contribution is 5.93. The second-order valence-corrected chi connectivity index (χ2v) is 12.8. The number of carbonyl (C=O) groups excluding carboxylic acids is 3. The minimum absolute atomic E-state index is 0.00624. The van der Waals surface area contributed by atoms with Gasteiger partial charge in [0, 0.05) is 42.5 Å². The van der Waals surface area contributed by atoms with Crippen molar-refractivity contribution in [3.05, 3.63) is 95.6 Å². The van der Waals surface area contributed by atoms with Crippen LogP contribution in [-0.4, -0.2) is 79.0 Å². The largest absolute Gasteiger partial charge is 0.465 e. The van der Waals surface area contributed by atoms with E-state index in [-0.39, 0.29) is 43.8 Å². The Labute approximate surface area is 286 Å². The third-order valence-electron chi connectivity index (χ3n) is 9.79. The lowest BCUT2D eigenvalue weighted by atomic mass is 9.84. The number of rotatable bonds is 10. The summed E-state index contributed by atoms with van der Waals surface area (Å²) < 4.78 is 18.1. The fourth-order valence-electron chi connectivity index (χ4n) is 6.98. The summed E-state index contributed by atoms with van der Waals surface area (Å²) in [6.07, 6.45) is 0.309. The molecule has 3 heterocycles. The Morgan fingerprint density at radius 2 is 1.67 bits per heavy atom. The van der Waals surface area contributed by atoms with Crippen molar-refractivity contribution in [2.75, 3.05) is 49.7 Å². The predicted octanol–water partition coefficient (Wildman–Crippen LogP) is 4.08. The van der Waals surface area contributed by atoms with Crippen LogP contribution in [0.2, 0.25) is 0 Å². The van der Waals surface area contributed by atoms with Crippen molar-refractivity contribution in [2.45, 2.75) is 57.3 Å². The molecule has 4 atom stereocenters. The second-order valence-electron chi connectivity index (χ2n) is 12.8. The van der Waals surface area contributed by atoms with E-state index in [0.717, 1.165) is 35.5 Å². The average Bonchev–Trinajstić information content (AvgIpc) is 3.44. The summed E-state index contributed by atoms with van der Waals surface area (Å²) in [7, 11) is 0. The van der Waals surface area contributed by atoms with Gasteiger partial charge in [0.1, 0.15) is 12.1 Å². The van der Waals surface area contributed by atoms with E-state index in [0.29, 0.717) is 31.7 Å². The molecule has 12 heteroatoms. The quantitative estimate of drug-likeness (QED) is 0.235. The Morgan fingerprint density at radius 1 is 0.980 bits per heavy atom. The van der Waals surface area contributed by atoms with Gasteiger partial charge in [0.25, 0.3) is 0 Å². The first-order valence-electron chi connectivity index (χ1n) is 16.9. The van der Waals surface area contributed by atoms with Crippen LogP contribution in [0.3, 0.4) is 0 Å².